The van der Waals surface area contributed by atoms with Crippen molar-refractivity contribution >= 4 is 0 Å². The number of halogens is 2. The summed E-state index contributed by atoms with van der Waals surface area (Å²) >= 11 is 0. The van der Waals surface area contributed by atoms with Crippen LogP contribution >= 0.6 is 0 Å². The fourth-order valence-electron chi connectivity index (χ4n) is 1.65. The molecule has 0 radical (unpaired) electrons. The van der Waals surface area contributed by atoms with E-state index >= 15 is 0 Å². The molecule has 78 valence electrons. The highest BCUT2D eigenvalue weighted by molar-refractivity contribution is 4.79. The molecule has 0 aromatic rings. The monoisotopic (exact) mass is 192 g/mol. The lowest BCUT2D eigenvalue weighted by Gasteiger charge is -2.22. The molecule has 13 heavy (non-hydrogen) atoms. The van der Waals surface area contributed by atoms with Crippen LogP contribution in [-0.2, 0) is 0 Å². The second-order valence-electron chi connectivity index (χ2n) is 3.81. The van der Waals surface area contributed by atoms with Crippen LogP contribution in [0.3, 0.4) is 0 Å². The summed E-state index contributed by atoms with van der Waals surface area (Å²) in [5, 5.41) is 2.86. The van der Waals surface area contributed by atoms with E-state index in [-0.39, 0.29) is 0 Å². The fourth-order valence-corrected chi connectivity index (χ4v) is 1.65. The predicted octanol–water partition coefficient (Wildman–Crippen LogP) is 1.32. The first-order valence-corrected chi connectivity index (χ1v) is 4.83. The van der Waals surface area contributed by atoms with Crippen molar-refractivity contribution in [2.45, 2.75) is 38.3 Å². The summed E-state index contributed by atoms with van der Waals surface area (Å²) in [6.07, 6.45) is 0.0532. The van der Waals surface area contributed by atoms with E-state index < -0.39 is 12.5 Å². The topological polar surface area (TPSA) is 15.3 Å². The summed E-state index contributed by atoms with van der Waals surface area (Å²) in [7, 11) is 2.05. The van der Waals surface area contributed by atoms with Crippen LogP contribution in [0.2, 0.25) is 0 Å². The summed E-state index contributed by atoms with van der Waals surface area (Å²) in [4.78, 5) is 2.23. The molecule has 2 atom stereocenters. The van der Waals surface area contributed by atoms with Crippen molar-refractivity contribution < 1.29 is 8.78 Å². The lowest BCUT2D eigenvalue weighted by molar-refractivity contribution is 0.102. The van der Waals surface area contributed by atoms with Gasteiger partial charge in [-0.1, -0.05) is 0 Å². The van der Waals surface area contributed by atoms with Crippen molar-refractivity contribution in [3.8, 4) is 0 Å². The normalized spacial score (nSPS) is 27.0. The summed E-state index contributed by atoms with van der Waals surface area (Å²) in [5.74, 6) is 0. The van der Waals surface area contributed by atoms with Gasteiger partial charge in [0.1, 0.15) is 0 Å². The zero-order valence-corrected chi connectivity index (χ0v) is 8.26. The molecule has 4 heteroatoms. The molecule has 0 aromatic carbocycles. The van der Waals surface area contributed by atoms with E-state index in [1.165, 1.54) is 13.3 Å². The lowest BCUT2D eigenvalue weighted by atomic mass is 10.2. The molecule has 1 N–H and O–H groups in total. The van der Waals surface area contributed by atoms with Gasteiger partial charge in [-0.05, 0) is 33.4 Å². The Morgan fingerprint density at radius 2 is 2.23 bits per heavy atom. The van der Waals surface area contributed by atoms with E-state index in [0.29, 0.717) is 12.6 Å². The van der Waals surface area contributed by atoms with E-state index in [4.69, 9.17) is 0 Å². The van der Waals surface area contributed by atoms with Crippen LogP contribution in [0.15, 0.2) is 0 Å². The first-order valence-electron chi connectivity index (χ1n) is 4.83. The fraction of sp³-hybridized carbons (Fsp3) is 1.00. The van der Waals surface area contributed by atoms with Gasteiger partial charge in [0.05, 0.1) is 6.04 Å². The Morgan fingerprint density at radius 3 is 2.69 bits per heavy atom. The third kappa shape index (κ3) is 3.19. The molecule has 1 fully saturated rings. The van der Waals surface area contributed by atoms with Gasteiger partial charge in [-0.2, -0.15) is 0 Å². The molecule has 1 heterocycles. The highest BCUT2D eigenvalue weighted by Gasteiger charge is 2.22. The van der Waals surface area contributed by atoms with Gasteiger partial charge >= 0.3 is 0 Å². The first-order chi connectivity index (χ1) is 6.11. The Labute approximate surface area is 78.3 Å². The number of rotatable bonds is 4. The minimum absolute atomic E-state index is 0.446. The number of alkyl halides is 2. The van der Waals surface area contributed by atoms with E-state index in [2.05, 4.69) is 10.2 Å². The van der Waals surface area contributed by atoms with Crippen LogP contribution in [0.1, 0.15) is 19.8 Å². The summed E-state index contributed by atoms with van der Waals surface area (Å²) in [6, 6.07) is -0.241. The van der Waals surface area contributed by atoms with Gasteiger partial charge in [0.2, 0.25) is 0 Å². The number of likely N-dealkylation sites (N-methyl/N-ethyl adjacent to an activating group) is 1. The van der Waals surface area contributed by atoms with Crippen LogP contribution < -0.4 is 5.32 Å². The van der Waals surface area contributed by atoms with Crippen molar-refractivity contribution in [2.24, 2.45) is 0 Å². The van der Waals surface area contributed by atoms with Crippen LogP contribution in [-0.4, -0.2) is 43.5 Å². The molecule has 2 nitrogen and oxygen atoms in total. The molecular weight excluding hydrogens is 174 g/mol. The Morgan fingerprint density at radius 1 is 1.54 bits per heavy atom. The molecule has 0 amide bonds. The number of hydrogen-bond donors (Lipinski definition) is 1. The molecular formula is C9H18F2N2. The molecule has 1 aliphatic heterocycles. The maximum absolute atomic E-state index is 12.1. The van der Waals surface area contributed by atoms with E-state index in [1.54, 1.807) is 0 Å². The maximum atomic E-state index is 12.1. The highest BCUT2D eigenvalue weighted by Crippen LogP contribution is 2.14. The molecule has 0 bridgehead atoms. The summed E-state index contributed by atoms with van der Waals surface area (Å²) < 4.78 is 24.2. The highest BCUT2D eigenvalue weighted by atomic mass is 19.3. The van der Waals surface area contributed by atoms with Gasteiger partial charge in [0, 0.05) is 12.6 Å². The standard InChI is InChI=1S/C9H18F2N2/c1-7(9(10)11)12-6-8-4-3-5-13(8)2/h7-9,12H,3-6H2,1-2H3. The molecule has 0 saturated carbocycles. The van der Waals surface area contributed by atoms with Crippen LogP contribution in [0.5, 0.6) is 0 Å². The molecule has 2 unspecified atom stereocenters. The van der Waals surface area contributed by atoms with Gasteiger partial charge in [-0.25, -0.2) is 8.78 Å². The largest absolute Gasteiger partial charge is 0.308 e. The average Bonchev–Trinajstić information content (AvgIpc) is 2.47. The van der Waals surface area contributed by atoms with Gasteiger partial charge < -0.3 is 10.2 Å². The smallest absolute Gasteiger partial charge is 0.253 e. The SMILES string of the molecule is CC(NCC1CCCN1C)C(F)F. The van der Waals surface area contributed by atoms with E-state index in [0.717, 1.165) is 13.0 Å². The van der Waals surface area contributed by atoms with Crippen LogP contribution in [0.25, 0.3) is 0 Å². The Kier molecular flexibility index (Phi) is 4.06. The Balaban J connectivity index is 2.18. The zero-order valence-electron chi connectivity index (χ0n) is 8.26. The maximum Gasteiger partial charge on any atom is 0.253 e. The Hall–Kier alpha value is -0.220. The quantitative estimate of drug-likeness (QED) is 0.722. The van der Waals surface area contributed by atoms with Crippen molar-refractivity contribution in [1.82, 2.24) is 10.2 Å². The second kappa shape index (κ2) is 4.86. The van der Waals surface area contributed by atoms with Gasteiger partial charge in [-0.15, -0.1) is 0 Å². The summed E-state index contributed by atoms with van der Waals surface area (Å²) in [6.45, 7) is 3.30. The van der Waals surface area contributed by atoms with E-state index in [9.17, 15) is 8.78 Å². The lowest BCUT2D eigenvalue weighted by Crippen LogP contribution is -2.41. The van der Waals surface area contributed by atoms with Gasteiger partial charge in [0.25, 0.3) is 6.43 Å². The van der Waals surface area contributed by atoms with Crippen molar-refractivity contribution in [1.29, 1.82) is 0 Å². The molecule has 1 rings (SSSR count). The Bertz CT molecular complexity index is 153. The third-order valence-electron chi connectivity index (χ3n) is 2.72. The zero-order chi connectivity index (χ0) is 9.84. The van der Waals surface area contributed by atoms with Crippen molar-refractivity contribution in [2.75, 3.05) is 20.1 Å². The molecule has 0 aliphatic carbocycles. The minimum Gasteiger partial charge on any atom is -0.308 e. The molecule has 1 saturated heterocycles. The van der Waals surface area contributed by atoms with Crippen LogP contribution in [0.4, 0.5) is 8.78 Å². The van der Waals surface area contributed by atoms with Gasteiger partial charge in [-0.3, -0.25) is 0 Å². The van der Waals surface area contributed by atoms with Crippen LogP contribution in [0, 0.1) is 0 Å². The molecule has 1 aliphatic rings. The second-order valence-corrected chi connectivity index (χ2v) is 3.81. The molecule has 0 spiro atoms. The van der Waals surface area contributed by atoms with E-state index in [1.807, 2.05) is 7.05 Å². The average molecular weight is 192 g/mol. The number of nitrogens with one attached hydrogen (secondary N) is 1. The number of hydrogen-bond acceptors (Lipinski definition) is 2. The minimum atomic E-state index is -2.26. The van der Waals surface area contributed by atoms with Crippen molar-refractivity contribution in [3.05, 3.63) is 0 Å². The first kappa shape index (κ1) is 10.9. The van der Waals surface area contributed by atoms with Gasteiger partial charge in [0.15, 0.2) is 0 Å². The third-order valence-corrected chi connectivity index (χ3v) is 2.72. The number of nitrogens with zero attached hydrogens (tertiary/aromatic N) is 1. The molecule has 0 aromatic heterocycles. The predicted molar refractivity (Wildman–Crippen MR) is 49.1 cm³/mol. The van der Waals surface area contributed by atoms with Crippen molar-refractivity contribution in [3.63, 3.8) is 0 Å². The number of likely N-dealkylation sites (tertiary alicyclic amines) is 1. The summed E-state index contributed by atoms with van der Waals surface area (Å²) in [5.41, 5.74) is 0.